The van der Waals surface area contributed by atoms with E-state index in [1.165, 1.54) is 7.11 Å². The molecular formula is C30H40N4O8S. The zero-order chi connectivity index (χ0) is 31.0. The monoisotopic (exact) mass is 616 g/mol. The molecule has 12 nitrogen and oxygen atoms in total. The maximum atomic E-state index is 13.8. The van der Waals surface area contributed by atoms with Gasteiger partial charge in [-0.25, -0.2) is 13.2 Å². The minimum atomic E-state index is -3.92. The van der Waals surface area contributed by atoms with E-state index >= 15 is 0 Å². The maximum absolute atomic E-state index is 13.8. The van der Waals surface area contributed by atoms with Crippen molar-refractivity contribution in [2.24, 2.45) is 17.8 Å². The summed E-state index contributed by atoms with van der Waals surface area (Å²) in [5, 5.41) is 5.49. The molecule has 3 aliphatic carbocycles. The van der Waals surface area contributed by atoms with Crippen molar-refractivity contribution < 1.29 is 37.1 Å². The zero-order valence-electron chi connectivity index (χ0n) is 24.8. The molecule has 43 heavy (non-hydrogen) atoms. The van der Waals surface area contributed by atoms with Gasteiger partial charge in [0.05, 0.1) is 23.7 Å². The van der Waals surface area contributed by atoms with Crippen LogP contribution in [0.25, 0.3) is 0 Å². The van der Waals surface area contributed by atoms with Gasteiger partial charge in [0.15, 0.2) is 0 Å². The van der Waals surface area contributed by atoms with E-state index in [4.69, 9.17) is 9.47 Å². The second-order valence-electron chi connectivity index (χ2n) is 12.4. The van der Waals surface area contributed by atoms with E-state index in [-0.39, 0.29) is 31.1 Å². The molecule has 1 heterocycles. The number of anilines is 1. The second-order valence-corrected chi connectivity index (χ2v) is 14.6. The first kappa shape index (κ1) is 30.8. The van der Waals surface area contributed by atoms with E-state index in [9.17, 15) is 27.6 Å². The molecule has 4 aliphatic rings. The minimum absolute atomic E-state index is 0.0795. The predicted octanol–water partition coefficient (Wildman–Crippen LogP) is 2.71. The van der Waals surface area contributed by atoms with Crippen molar-refractivity contribution >= 4 is 39.5 Å². The van der Waals surface area contributed by atoms with Gasteiger partial charge in [0, 0.05) is 31.3 Å². The van der Waals surface area contributed by atoms with Crippen LogP contribution >= 0.6 is 0 Å². The molecule has 4 amide bonds. The Balaban J connectivity index is 1.34. The summed E-state index contributed by atoms with van der Waals surface area (Å²) in [6, 6.07) is 6.76. The standard InChI is InChI=1S/C30H40N4O8S/c1-29(12-13-29)43(39,40)33-27(37)30-18-19(30)9-6-4-5-7-14-34(2)26(36)24-17-22(16-23(24)25(35)32-30)42-28(38)31-20-10-8-11-21(15-20)41-3/h6,8-11,15,19,22-24H,4-5,7,12-14,16-18H2,1-3H3,(H,31,38)(H,32,35)(H,33,37)/b9-6-/t19-,22+,23-,24-,30+/m0/s1. The normalized spacial score (nSPS) is 30.9. The van der Waals surface area contributed by atoms with Gasteiger partial charge in [0.1, 0.15) is 17.4 Å². The van der Waals surface area contributed by atoms with Crippen LogP contribution < -0.4 is 20.1 Å². The summed E-state index contributed by atoms with van der Waals surface area (Å²) in [4.78, 5) is 55.2. The molecule has 0 saturated heterocycles. The Morgan fingerprint density at radius 1 is 1.12 bits per heavy atom. The number of allylic oxidation sites excluding steroid dienone is 1. The summed E-state index contributed by atoms with van der Waals surface area (Å²) in [6.07, 6.45) is 6.06. The molecule has 3 saturated carbocycles. The largest absolute Gasteiger partial charge is 0.497 e. The van der Waals surface area contributed by atoms with Gasteiger partial charge in [-0.1, -0.05) is 18.2 Å². The number of carbonyl (C=O) groups is 4. The quantitative estimate of drug-likeness (QED) is 0.412. The van der Waals surface area contributed by atoms with Gasteiger partial charge >= 0.3 is 6.09 Å². The number of amides is 4. The zero-order valence-corrected chi connectivity index (χ0v) is 25.6. The molecule has 234 valence electrons. The first-order valence-corrected chi connectivity index (χ1v) is 16.3. The van der Waals surface area contributed by atoms with Gasteiger partial charge in [-0.2, -0.15) is 0 Å². The van der Waals surface area contributed by atoms with E-state index in [0.29, 0.717) is 30.8 Å². The van der Waals surface area contributed by atoms with Crippen molar-refractivity contribution in [3.8, 4) is 5.75 Å². The van der Waals surface area contributed by atoms with Crippen LogP contribution in [-0.4, -0.2) is 74.2 Å². The highest BCUT2D eigenvalue weighted by Gasteiger charge is 2.63. The topological polar surface area (TPSA) is 160 Å². The van der Waals surface area contributed by atoms with Crippen molar-refractivity contribution in [1.29, 1.82) is 0 Å². The van der Waals surface area contributed by atoms with E-state index in [2.05, 4.69) is 15.4 Å². The van der Waals surface area contributed by atoms with Gasteiger partial charge in [0.25, 0.3) is 5.91 Å². The number of methoxy groups -OCH3 is 1. The summed E-state index contributed by atoms with van der Waals surface area (Å²) in [7, 11) is -0.713. The molecule has 13 heteroatoms. The van der Waals surface area contributed by atoms with Gasteiger partial charge in [-0.3, -0.25) is 24.4 Å². The molecule has 3 fully saturated rings. The van der Waals surface area contributed by atoms with E-state index in [1.54, 1.807) is 43.1 Å². The van der Waals surface area contributed by atoms with Crippen LogP contribution in [0.4, 0.5) is 10.5 Å². The lowest BCUT2D eigenvalue weighted by Crippen LogP contribution is -2.55. The lowest BCUT2D eigenvalue weighted by Gasteiger charge is -2.27. The number of ether oxygens (including phenoxy) is 2. The lowest BCUT2D eigenvalue weighted by molar-refractivity contribution is -0.140. The first-order chi connectivity index (χ1) is 20.4. The van der Waals surface area contributed by atoms with Gasteiger partial charge < -0.3 is 19.7 Å². The molecule has 0 unspecified atom stereocenters. The Kier molecular flexibility index (Phi) is 8.47. The molecule has 5 atom stereocenters. The fraction of sp³-hybridized carbons (Fsp3) is 0.600. The van der Waals surface area contributed by atoms with E-state index < -0.39 is 56.2 Å². The van der Waals surface area contributed by atoms with Crippen molar-refractivity contribution in [1.82, 2.24) is 14.9 Å². The average molecular weight is 617 g/mol. The highest BCUT2D eigenvalue weighted by Crippen LogP contribution is 2.48. The number of hydrogen-bond acceptors (Lipinski definition) is 8. The van der Waals surface area contributed by atoms with Gasteiger partial charge in [0.2, 0.25) is 21.8 Å². The van der Waals surface area contributed by atoms with Crippen LogP contribution in [0.3, 0.4) is 0 Å². The first-order valence-electron chi connectivity index (χ1n) is 14.8. The van der Waals surface area contributed by atoms with E-state index in [0.717, 1.165) is 19.3 Å². The number of carbonyl (C=O) groups excluding carboxylic acids is 4. The third-order valence-corrected chi connectivity index (χ3v) is 11.4. The summed E-state index contributed by atoms with van der Waals surface area (Å²) in [5.74, 6) is -3.01. The Bertz CT molecular complexity index is 1420. The Morgan fingerprint density at radius 3 is 2.58 bits per heavy atom. The Hall–Kier alpha value is -3.61. The molecule has 1 aromatic carbocycles. The average Bonchev–Trinajstić information content (AvgIpc) is 3.84. The van der Waals surface area contributed by atoms with E-state index in [1.807, 2.05) is 12.2 Å². The fourth-order valence-corrected chi connectivity index (χ4v) is 7.30. The molecular weight excluding hydrogens is 576 g/mol. The van der Waals surface area contributed by atoms with Crippen molar-refractivity contribution in [3.05, 3.63) is 36.4 Å². The number of sulfonamides is 1. The van der Waals surface area contributed by atoms with Crippen molar-refractivity contribution in [3.63, 3.8) is 0 Å². The molecule has 1 aliphatic heterocycles. The fourth-order valence-electron chi connectivity index (χ4n) is 5.99. The van der Waals surface area contributed by atoms with Crippen LogP contribution in [-0.2, 0) is 29.1 Å². The van der Waals surface area contributed by atoms with Crippen LogP contribution in [0.5, 0.6) is 5.75 Å². The molecule has 0 aromatic heterocycles. The number of nitrogens with zero attached hydrogens (tertiary/aromatic N) is 1. The Labute approximate surface area is 252 Å². The number of benzene rings is 1. The maximum Gasteiger partial charge on any atom is 0.411 e. The third-order valence-electron chi connectivity index (χ3n) is 9.22. The molecule has 0 bridgehead atoms. The molecule has 1 aromatic rings. The third kappa shape index (κ3) is 6.51. The minimum Gasteiger partial charge on any atom is -0.497 e. The summed E-state index contributed by atoms with van der Waals surface area (Å²) in [6.45, 7) is 2.11. The number of rotatable bonds is 6. The number of fused-ring (bicyclic) bond motifs is 2. The summed E-state index contributed by atoms with van der Waals surface area (Å²) < 4.78 is 37.8. The smallest absolute Gasteiger partial charge is 0.411 e. The molecule has 0 spiro atoms. The van der Waals surface area contributed by atoms with Crippen LogP contribution in [0, 0.1) is 17.8 Å². The second kappa shape index (κ2) is 11.8. The van der Waals surface area contributed by atoms with Crippen LogP contribution in [0.15, 0.2) is 36.4 Å². The lowest BCUT2D eigenvalue weighted by atomic mass is 9.93. The highest BCUT2D eigenvalue weighted by atomic mass is 32.2. The molecule has 5 rings (SSSR count). The number of hydrogen-bond donors (Lipinski definition) is 3. The molecule has 0 radical (unpaired) electrons. The molecule has 3 N–H and O–H groups in total. The van der Waals surface area contributed by atoms with Crippen molar-refractivity contribution in [2.75, 3.05) is 26.0 Å². The summed E-state index contributed by atoms with van der Waals surface area (Å²) in [5.41, 5.74) is -0.969. The van der Waals surface area contributed by atoms with Crippen molar-refractivity contribution in [2.45, 2.75) is 74.7 Å². The van der Waals surface area contributed by atoms with Crippen LogP contribution in [0.1, 0.15) is 58.3 Å². The SMILES string of the molecule is COc1cccc(NC(=O)O[C@@H]2C[C@@H]3C(=O)N[C@]4(C(=O)NS(=O)(=O)C5(C)CC5)C[C@@H]4/C=C\CCCCN(C)C(=O)[C@H]3C2)c1. The highest BCUT2D eigenvalue weighted by molar-refractivity contribution is 7.91. The van der Waals surface area contributed by atoms with Gasteiger partial charge in [-0.05, 0) is 70.4 Å². The van der Waals surface area contributed by atoms with Gasteiger partial charge in [-0.15, -0.1) is 0 Å². The summed E-state index contributed by atoms with van der Waals surface area (Å²) >= 11 is 0. The van der Waals surface area contributed by atoms with Crippen LogP contribution in [0.2, 0.25) is 0 Å². The Morgan fingerprint density at radius 2 is 1.86 bits per heavy atom. The number of nitrogens with one attached hydrogen (secondary N) is 3. The predicted molar refractivity (Wildman–Crippen MR) is 157 cm³/mol.